The highest BCUT2D eigenvalue weighted by Crippen LogP contribution is 2.30. The molecule has 0 spiro atoms. The lowest BCUT2D eigenvalue weighted by Crippen LogP contribution is -1.83. The first-order valence-corrected chi connectivity index (χ1v) is 3.10. The average Bonchev–Trinajstić information content (AvgIpc) is 1.68. The Labute approximate surface area is 44.3 Å². The lowest BCUT2D eigenvalue weighted by molar-refractivity contribution is 0.240. The number of hydrogen-bond acceptors (Lipinski definition) is 3. The first-order chi connectivity index (χ1) is 3.31. The molecular formula is C3H9O3P. The van der Waals surface area contributed by atoms with E-state index in [0.29, 0.717) is 6.61 Å². The summed E-state index contributed by atoms with van der Waals surface area (Å²) in [6.07, 6.45) is 0. The van der Waals surface area contributed by atoms with Crippen LogP contribution in [0.15, 0.2) is 0 Å². The minimum atomic E-state index is -1.58. The zero-order valence-corrected chi connectivity index (χ0v) is 5.31. The third kappa shape index (κ3) is 4.16. The molecule has 0 aromatic heterocycles. The Bertz CT molecular complexity index is 41.2. The minimum absolute atomic E-state index is 0.496. The van der Waals surface area contributed by atoms with Crippen LogP contribution in [0.3, 0.4) is 0 Å². The number of rotatable bonds is 3. The van der Waals surface area contributed by atoms with Gasteiger partial charge in [0.1, 0.15) is 0 Å². The largest absolute Gasteiger partial charge is 0.329 e. The van der Waals surface area contributed by atoms with Gasteiger partial charge in [-0.1, -0.05) is 0 Å². The Hall–Kier alpha value is 0.310. The normalized spacial score (nSPS) is 14.1. The van der Waals surface area contributed by atoms with E-state index in [1.54, 1.807) is 6.92 Å². The van der Waals surface area contributed by atoms with Gasteiger partial charge in [-0.05, 0) is 6.92 Å². The molecule has 1 unspecified atom stereocenters. The van der Waals surface area contributed by atoms with E-state index in [9.17, 15) is 0 Å². The molecule has 1 N–H and O–H groups in total. The van der Waals surface area contributed by atoms with E-state index in [0.717, 1.165) is 0 Å². The molecule has 0 aliphatic rings. The fourth-order valence-corrected chi connectivity index (χ4v) is 0.489. The van der Waals surface area contributed by atoms with E-state index in [2.05, 4.69) is 9.05 Å². The average molecular weight is 124 g/mol. The van der Waals surface area contributed by atoms with Crippen LogP contribution in [0.5, 0.6) is 0 Å². The van der Waals surface area contributed by atoms with Crippen molar-refractivity contribution in [1.29, 1.82) is 0 Å². The molecule has 44 valence electrons. The number of hydrogen-bond donors (Lipinski definition) is 1. The second-order valence-electron chi connectivity index (χ2n) is 0.838. The summed E-state index contributed by atoms with van der Waals surface area (Å²) in [7, 11) is -0.174. The fourth-order valence-electron chi connectivity index (χ4n) is 0.163. The predicted octanol–water partition coefficient (Wildman–Crippen LogP) is 0.889. The van der Waals surface area contributed by atoms with E-state index in [-0.39, 0.29) is 0 Å². The van der Waals surface area contributed by atoms with E-state index in [4.69, 9.17) is 4.89 Å². The lowest BCUT2D eigenvalue weighted by atomic mass is 10.9. The maximum absolute atomic E-state index is 8.48. The molecule has 0 heterocycles. The molecule has 0 aromatic carbocycles. The molecule has 0 aliphatic carbocycles. The van der Waals surface area contributed by atoms with Gasteiger partial charge in [-0.3, -0.25) is 0 Å². The van der Waals surface area contributed by atoms with E-state index in [1.807, 2.05) is 0 Å². The van der Waals surface area contributed by atoms with Crippen molar-refractivity contribution in [3.63, 3.8) is 0 Å². The molecule has 0 radical (unpaired) electrons. The quantitative estimate of drug-likeness (QED) is 0.568. The molecule has 0 saturated heterocycles. The Morgan fingerprint density at radius 2 is 2.29 bits per heavy atom. The lowest BCUT2D eigenvalue weighted by Gasteiger charge is -2.02. The van der Waals surface area contributed by atoms with Gasteiger partial charge in [0, 0.05) is 7.11 Å². The summed E-state index contributed by atoms with van der Waals surface area (Å²) in [5, 5.41) is 0. The summed E-state index contributed by atoms with van der Waals surface area (Å²) >= 11 is 0. The molecule has 3 nitrogen and oxygen atoms in total. The van der Waals surface area contributed by atoms with Crippen molar-refractivity contribution >= 4 is 8.60 Å². The summed E-state index contributed by atoms with van der Waals surface area (Å²) < 4.78 is 8.98. The van der Waals surface area contributed by atoms with Crippen LogP contribution in [0, 0.1) is 0 Å². The van der Waals surface area contributed by atoms with Crippen LogP contribution in [0.4, 0.5) is 0 Å². The molecule has 4 heteroatoms. The van der Waals surface area contributed by atoms with Crippen LogP contribution in [0.1, 0.15) is 6.92 Å². The highest BCUT2D eigenvalue weighted by atomic mass is 31.2. The molecule has 7 heavy (non-hydrogen) atoms. The van der Waals surface area contributed by atoms with Crippen molar-refractivity contribution in [3.05, 3.63) is 0 Å². The molecule has 0 saturated carbocycles. The van der Waals surface area contributed by atoms with Gasteiger partial charge < -0.3 is 13.9 Å². The van der Waals surface area contributed by atoms with Crippen molar-refractivity contribution in [2.75, 3.05) is 13.7 Å². The summed E-state index contributed by atoms with van der Waals surface area (Å²) in [5.74, 6) is 0. The van der Waals surface area contributed by atoms with Gasteiger partial charge in [-0.15, -0.1) is 0 Å². The summed E-state index contributed by atoms with van der Waals surface area (Å²) in [5.41, 5.74) is 0. The second-order valence-corrected chi connectivity index (χ2v) is 1.94. The first-order valence-electron chi connectivity index (χ1n) is 1.97. The zero-order valence-electron chi connectivity index (χ0n) is 4.42. The topological polar surface area (TPSA) is 38.7 Å². The van der Waals surface area contributed by atoms with E-state index in [1.165, 1.54) is 7.11 Å². The summed E-state index contributed by atoms with van der Waals surface area (Å²) in [4.78, 5) is 8.48. The van der Waals surface area contributed by atoms with Gasteiger partial charge in [0.15, 0.2) is 0 Å². The van der Waals surface area contributed by atoms with Crippen LogP contribution in [0.2, 0.25) is 0 Å². The molecule has 0 rings (SSSR count). The Morgan fingerprint density at radius 3 is 2.43 bits per heavy atom. The molecule has 0 aromatic rings. The molecular weight excluding hydrogens is 115 g/mol. The maximum atomic E-state index is 8.48. The van der Waals surface area contributed by atoms with Gasteiger partial charge >= 0.3 is 8.60 Å². The van der Waals surface area contributed by atoms with Gasteiger partial charge in [-0.2, -0.15) is 0 Å². The zero-order chi connectivity index (χ0) is 5.70. The second kappa shape index (κ2) is 4.47. The Kier molecular flexibility index (Phi) is 4.67. The smallest absolute Gasteiger partial charge is 0.328 e. The summed E-state index contributed by atoms with van der Waals surface area (Å²) in [6.45, 7) is 2.29. The van der Waals surface area contributed by atoms with Crippen LogP contribution in [0.25, 0.3) is 0 Å². The predicted molar refractivity (Wildman–Crippen MR) is 27.8 cm³/mol. The van der Waals surface area contributed by atoms with Crippen LogP contribution in [-0.4, -0.2) is 18.6 Å². The van der Waals surface area contributed by atoms with Gasteiger partial charge in [0.05, 0.1) is 6.61 Å². The monoisotopic (exact) mass is 124 g/mol. The molecule has 0 aliphatic heterocycles. The standard InChI is InChI=1S/C3H9O3P/c1-3-6-7(4)5-2/h4H,3H2,1-2H3. The third-order valence-electron chi connectivity index (χ3n) is 0.396. The maximum Gasteiger partial charge on any atom is 0.329 e. The van der Waals surface area contributed by atoms with Crippen LogP contribution < -0.4 is 0 Å². The summed E-state index contributed by atoms with van der Waals surface area (Å²) in [6, 6.07) is 0. The van der Waals surface area contributed by atoms with Crippen molar-refractivity contribution in [3.8, 4) is 0 Å². The van der Waals surface area contributed by atoms with Crippen molar-refractivity contribution < 1.29 is 13.9 Å². The molecule has 1 atom stereocenters. The van der Waals surface area contributed by atoms with Crippen molar-refractivity contribution in [2.24, 2.45) is 0 Å². The van der Waals surface area contributed by atoms with Crippen LogP contribution >= 0.6 is 8.60 Å². The SMILES string of the molecule is CCOP(O)OC. The van der Waals surface area contributed by atoms with Crippen molar-refractivity contribution in [2.45, 2.75) is 6.92 Å². The van der Waals surface area contributed by atoms with E-state index < -0.39 is 8.60 Å². The van der Waals surface area contributed by atoms with E-state index >= 15 is 0 Å². The van der Waals surface area contributed by atoms with Gasteiger partial charge in [0.2, 0.25) is 0 Å². The minimum Gasteiger partial charge on any atom is -0.328 e. The molecule has 0 bridgehead atoms. The Balaban J connectivity index is 2.83. The molecule has 0 amide bonds. The van der Waals surface area contributed by atoms with Gasteiger partial charge in [-0.25, -0.2) is 0 Å². The van der Waals surface area contributed by atoms with Gasteiger partial charge in [0.25, 0.3) is 0 Å². The highest BCUT2D eigenvalue weighted by Gasteiger charge is 1.97. The highest BCUT2D eigenvalue weighted by molar-refractivity contribution is 7.40. The Morgan fingerprint density at radius 1 is 1.71 bits per heavy atom. The third-order valence-corrected chi connectivity index (χ3v) is 1.19. The molecule has 0 fully saturated rings. The van der Waals surface area contributed by atoms with Crippen LogP contribution in [-0.2, 0) is 9.05 Å². The van der Waals surface area contributed by atoms with Crippen molar-refractivity contribution in [1.82, 2.24) is 0 Å². The fraction of sp³-hybridized carbons (Fsp3) is 1.00. The first kappa shape index (κ1) is 7.31.